The first-order chi connectivity index (χ1) is 12.0. The topological polar surface area (TPSA) is 52.8 Å². The number of halogens is 2. The van der Waals surface area contributed by atoms with Crippen LogP contribution in [0.25, 0.3) is 10.2 Å². The van der Waals surface area contributed by atoms with Gasteiger partial charge in [-0.05, 0) is 30.3 Å². The number of alkyl halides is 2. The number of carbonyl (C=O) groups excluding carboxylic acids is 1. The number of amides is 1. The largest absolute Gasteiger partial charge is 0.493 e. The highest BCUT2D eigenvalue weighted by molar-refractivity contribution is 7.16. The Kier molecular flexibility index (Phi) is 4.80. The van der Waals surface area contributed by atoms with Crippen LogP contribution in [0.2, 0.25) is 0 Å². The SMILES string of the molecule is COc1cc(C(=O)N=c2sc3ccccc3n2C)ccc1OC(F)F. The summed E-state index contributed by atoms with van der Waals surface area (Å²) >= 11 is 1.39. The molecule has 0 aliphatic heterocycles. The molecule has 0 spiro atoms. The van der Waals surface area contributed by atoms with E-state index in [1.807, 2.05) is 35.9 Å². The number of carbonyl (C=O) groups is 1. The molecule has 0 aliphatic rings. The predicted molar refractivity (Wildman–Crippen MR) is 90.3 cm³/mol. The number of aryl methyl sites for hydroxylation is 1. The molecule has 0 saturated carbocycles. The maximum atomic E-state index is 12.4. The summed E-state index contributed by atoms with van der Waals surface area (Å²) in [7, 11) is 3.14. The number of thiazole rings is 1. The molecule has 0 saturated heterocycles. The molecule has 0 aliphatic carbocycles. The van der Waals surface area contributed by atoms with Crippen LogP contribution in [0.3, 0.4) is 0 Å². The summed E-state index contributed by atoms with van der Waals surface area (Å²) in [5.74, 6) is -0.590. The van der Waals surface area contributed by atoms with E-state index in [-0.39, 0.29) is 17.1 Å². The quantitative estimate of drug-likeness (QED) is 0.711. The summed E-state index contributed by atoms with van der Waals surface area (Å²) in [6.07, 6.45) is 0. The molecule has 8 heteroatoms. The number of benzene rings is 2. The van der Waals surface area contributed by atoms with Crippen molar-refractivity contribution in [2.45, 2.75) is 6.61 Å². The minimum absolute atomic E-state index is 0.0436. The molecule has 0 bridgehead atoms. The van der Waals surface area contributed by atoms with Gasteiger partial charge in [0.1, 0.15) is 0 Å². The van der Waals surface area contributed by atoms with Gasteiger partial charge in [0.25, 0.3) is 5.91 Å². The smallest absolute Gasteiger partial charge is 0.387 e. The first-order valence-corrected chi connectivity index (χ1v) is 8.07. The van der Waals surface area contributed by atoms with Crippen LogP contribution in [0.4, 0.5) is 8.78 Å². The molecule has 0 fully saturated rings. The third-order valence-electron chi connectivity index (χ3n) is 3.54. The zero-order chi connectivity index (χ0) is 18.0. The molecule has 3 aromatic rings. The van der Waals surface area contributed by atoms with Gasteiger partial charge in [0.05, 0.1) is 17.3 Å². The number of para-hydroxylation sites is 1. The van der Waals surface area contributed by atoms with Gasteiger partial charge in [-0.25, -0.2) is 0 Å². The number of methoxy groups -OCH3 is 1. The van der Waals surface area contributed by atoms with Gasteiger partial charge < -0.3 is 14.0 Å². The highest BCUT2D eigenvalue weighted by atomic mass is 32.1. The first-order valence-electron chi connectivity index (χ1n) is 7.26. The molecule has 0 radical (unpaired) electrons. The lowest BCUT2D eigenvalue weighted by Gasteiger charge is -2.10. The van der Waals surface area contributed by atoms with Crippen molar-refractivity contribution < 1.29 is 23.0 Å². The molecular formula is C17H14F2N2O3S. The lowest BCUT2D eigenvalue weighted by atomic mass is 10.2. The molecule has 5 nitrogen and oxygen atoms in total. The van der Waals surface area contributed by atoms with Crippen molar-refractivity contribution in [1.29, 1.82) is 0 Å². The van der Waals surface area contributed by atoms with Gasteiger partial charge in [0.15, 0.2) is 16.3 Å². The van der Waals surface area contributed by atoms with Crippen molar-refractivity contribution >= 4 is 27.5 Å². The average molecular weight is 364 g/mol. The maximum Gasteiger partial charge on any atom is 0.387 e. The highest BCUT2D eigenvalue weighted by Crippen LogP contribution is 2.29. The third-order valence-corrected chi connectivity index (χ3v) is 4.65. The van der Waals surface area contributed by atoms with Gasteiger partial charge in [-0.2, -0.15) is 13.8 Å². The van der Waals surface area contributed by atoms with E-state index in [1.54, 1.807) is 0 Å². The summed E-state index contributed by atoms with van der Waals surface area (Å²) in [6, 6.07) is 11.7. The fraction of sp³-hybridized carbons (Fsp3) is 0.176. The van der Waals surface area contributed by atoms with Crippen LogP contribution in [0.15, 0.2) is 47.5 Å². The fourth-order valence-corrected chi connectivity index (χ4v) is 3.35. The predicted octanol–water partition coefficient (Wildman–Crippen LogP) is 3.59. The molecule has 25 heavy (non-hydrogen) atoms. The molecule has 0 atom stereocenters. The van der Waals surface area contributed by atoms with E-state index in [0.717, 1.165) is 10.2 Å². The minimum atomic E-state index is -2.97. The lowest BCUT2D eigenvalue weighted by molar-refractivity contribution is -0.0512. The lowest BCUT2D eigenvalue weighted by Crippen LogP contribution is -2.13. The van der Waals surface area contributed by atoms with E-state index in [0.29, 0.717) is 4.80 Å². The number of hydrogen-bond acceptors (Lipinski definition) is 4. The second-order valence-electron chi connectivity index (χ2n) is 5.07. The standard InChI is InChI=1S/C17H14F2N2O3S/c1-21-11-5-3-4-6-14(11)25-17(21)20-15(22)10-7-8-12(24-16(18)19)13(9-10)23-2/h3-9,16H,1-2H3. The molecule has 2 aromatic carbocycles. The third kappa shape index (κ3) is 3.53. The summed E-state index contributed by atoms with van der Waals surface area (Å²) < 4.78 is 36.9. The van der Waals surface area contributed by atoms with Crippen LogP contribution < -0.4 is 14.3 Å². The molecule has 0 N–H and O–H groups in total. The zero-order valence-electron chi connectivity index (χ0n) is 13.4. The maximum absolute atomic E-state index is 12.4. The Labute approximate surface area is 145 Å². The Morgan fingerprint density at radius 2 is 1.96 bits per heavy atom. The summed E-state index contributed by atoms with van der Waals surface area (Å²) in [4.78, 5) is 17.1. The number of rotatable bonds is 4. The monoisotopic (exact) mass is 364 g/mol. The number of fused-ring (bicyclic) bond motifs is 1. The van der Waals surface area contributed by atoms with Crippen molar-refractivity contribution in [1.82, 2.24) is 4.57 Å². The van der Waals surface area contributed by atoms with E-state index in [4.69, 9.17) is 4.74 Å². The number of hydrogen-bond donors (Lipinski definition) is 0. The highest BCUT2D eigenvalue weighted by Gasteiger charge is 2.14. The van der Waals surface area contributed by atoms with Crippen molar-refractivity contribution in [2.24, 2.45) is 12.0 Å². The Morgan fingerprint density at radius 3 is 2.64 bits per heavy atom. The first kappa shape index (κ1) is 17.1. The van der Waals surface area contributed by atoms with Crippen molar-refractivity contribution in [3.8, 4) is 11.5 Å². The molecule has 1 heterocycles. The van der Waals surface area contributed by atoms with E-state index in [2.05, 4.69) is 9.73 Å². The summed E-state index contributed by atoms with van der Waals surface area (Å²) in [5.41, 5.74) is 1.19. The molecule has 1 amide bonds. The van der Waals surface area contributed by atoms with Crippen LogP contribution in [-0.2, 0) is 7.05 Å². The van der Waals surface area contributed by atoms with Gasteiger partial charge in [-0.15, -0.1) is 0 Å². The van der Waals surface area contributed by atoms with Gasteiger partial charge in [-0.1, -0.05) is 23.5 Å². The van der Waals surface area contributed by atoms with E-state index < -0.39 is 12.5 Å². The van der Waals surface area contributed by atoms with Gasteiger partial charge in [0.2, 0.25) is 0 Å². The Balaban J connectivity index is 1.98. The van der Waals surface area contributed by atoms with E-state index >= 15 is 0 Å². The van der Waals surface area contributed by atoms with Gasteiger partial charge in [0, 0.05) is 12.6 Å². The average Bonchev–Trinajstić information content (AvgIpc) is 2.91. The van der Waals surface area contributed by atoms with Gasteiger partial charge >= 0.3 is 6.61 Å². The van der Waals surface area contributed by atoms with Crippen LogP contribution >= 0.6 is 11.3 Å². The second-order valence-corrected chi connectivity index (χ2v) is 6.08. The van der Waals surface area contributed by atoms with Crippen LogP contribution in [0.5, 0.6) is 11.5 Å². The van der Waals surface area contributed by atoms with Crippen LogP contribution in [-0.4, -0.2) is 24.2 Å². The Hall–Kier alpha value is -2.74. The normalized spacial score (nSPS) is 12.0. The molecule has 1 aromatic heterocycles. The second kappa shape index (κ2) is 7.02. The molecule has 130 valence electrons. The van der Waals surface area contributed by atoms with E-state index in [1.165, 1.54) is 36.6 Å². The molecule has 0 unspecified atom stereocenters. The zero-order valence-corrected chi connectivity index (χ0v) is 14.2. The number of ether oxygens (including phenoxy) is 2. The Morgan fingerprint density at radius 1 is 1.20 bits per heavy atom. The summed E-state index contributed by atoms with van der Waals surface area (Å²) in [6.45, 7) is -2.97. The van der Waals surface area contributed by atoms with Crippen LogP contribution in [0.1, 0.15) is 10.4 Å². The number of nitrogens with zero attached hydrogens (tertiary/aromatic N) is 2. The van der Waals surface area contributed by atoms with Gasteiger partial charge in [-0.3, -0.25) is 4.79 Å². The molecule has 3 rings (SSSR count). The fourth-order valence-electron chi connectivity index (χ4n) is 2.33. The van der Waals surface area contributed by atoms with Crippen molar-refractivity contribution in [3.05, 3.63) is 52.8 Å². The van der Waals surface area contributed by atoms with E-state index in [9.17, 15) is 13.6 Å². The molecular weight excluding hydrogens is 350 g/mol. The summed E-state index contributed by atoms with van der Waals surface area (Å²) in [5, 5.41) is 0. The minimum Gasteiger partial charge on any atom is -0.493 e. The Bertz CT molecular complexity index is 995. The van der Waals surface area contributed by atoms with Crippen LogP contribution in [0, 0.1) is 0 Å². The number of aromatic nitrogens is 1. The van der Waals surface area contributed by atoms with Crippen molar-refractivity contribution in [2.75, 3.05) is 7.11 Å². The van der Waals surface area contributed by atoms with Crippen molar-refractivity contribution in [3.63, 3.8) is 0 Å².